The fourth-order valence-corrected chi connectivity index (χ4v) is 2.54. The van der Waals surface area contributed by atoms with Gasteiger partial charge in [-0.3, -0.25) is 4.79 Å². The van der Waals surface area contributed by atoms with Gasteiger partial charge in [-0.1, -0.05) is 42.8 Å². The second-order valence-corrected chi connectivity index (χ2v) is 6.01. The van der Waals surface area contributed by atoms with E-state index in [1.54, 1.807) is 12.1 Å². The van der Waals surface area contributed by atoms with Gasteiger partial charge >= 0.3 is 0 Å². The molecule has 1 heterocycles. The largest absolute Gasteiger partial charge is 0.376 e. The number of nitrogens with zero attached hydrogens (tertiary/aromatic N) is 1. The summed E-state index contributed by atoms with van der Waals surface area (Å²) in [6.07, 6.45) is 1.08. The number of carbonyl (C=O) groups excluding carboxylic acids is 1. The number of likely N-dealkylation sites (tertiary alicyclic amines) is 1. The van der Waals surface area contributed by atoms with Crippen molar-refractivity contribution in [3.63, 3.8) is 0 Å². The molecule has 3 nitrogen and oxygen atoms in total. The van der Waals surface area contributed by atoms with Gasteiger partial charge in [-0.05, 0) is 30.0 Å². The Kier molecular flexibility index (Phi) is 4.95. The SMILES string of the molecule is C=C(NCC(=O)N1CCC(C)C1)c1ccc(Cl)c(Cl)c1. The predicted molar refractivity (Wildman–Crippen MR) is 83.9 cm³/mol. The molecule has 1 aromatic carbocycles. The fraction of sp³-hybridized carbons (Fsp3) is 0.400. The van der Waals surface area contributed by atoms with Crippen LogP contribution in [0.4, 0.5) is 0 Å². The molecule has 108 valence electrons. The summed E-state index contributed by atoms with van der Waals surface area (Å²) in [5, 5.41) is 4.03. The van der Waals surface area contributed by atoms with Crippen molar-refractivity contribution in [3.8, 4) is 0 Å². The molecule has 20 heavy (non-hydrogen) atoms. The van der Waals surface area contributed by atoms with Crippen molar-refractivity contribution in [1.82, 2.24) is 10.2 Å². The molecule has 1 aliphatic rings. The van der Waals surface area contributed by atoms with Crippen LogP contribution in [0.25, 0.3) is 5.70 Å². The Morgan fingerprint density at radius 3 is 2.80 bits per heavy atom. The summed E-state index contributed by atoms with van der Waals surface area (Å²) in [5.41, 5.74) is 1.51. The van der Waals surface area contributed by atoms with Gasteiger partial charge in [0.25, 0.3) is 0 Å². The number of benzene rings is 1. The Morgan fingerprint density at radius 1 is 1.45 bits per heavy atom. The Balaban J connectivity index is 1.88. The summed E-state index contributed by atoms with van der Waals surface area (Å²) in [4.78, 5) is 13.9. The van der Waals surface area contributed by atoms with E-state index in [4.69, 9.17) is 23.2 Å². The molecular formula is C15H18Cl2N2O. The number of amides is 1. The molecule has 5 heteroatoms. The molecule has 1 atom stereocenters. The van der Waals surface area contributed by atoms with Crippen molar-refractivity contribution in [3.05, 3.63) is 40.4 Å². The van der Waals surface area contributed by atoms with Crippen LogP contribution in [0.15, 0.2) is 24.8 Å². The van der Waals surface area contributed by atoms with Crippen molar-refractivity contribution >= 4 is 34.8 Å². The van der Waals surface area contributed by atoms with E-state index in [9.17, 15) is 4.79 Å². The summed E-state index contributed by atoms with van der Waals surface area (Å²) in [6.45, 7) is 8.04. The Hall–Kier alpha value is -1.19. The first kappa shape index (κ1) is 15.2. The van der Waals surface area contributed by atoms with Crippen LogP contribution in [-0.2, 0) is 4.79 Å². The van der Waals surface area contributed by atoms with E-state index >= 15 is 0 Å². The maximum Gasteiger partial charge on any atom is 0.241 e. The molecule has 0 saturated carbocycles. The van der Waals surface area contributed by atoms with Crippen molar-refractivity contribution in [1.29, 1.82) is 0 Å². The van der Waals surface area contributed by atoms with Gasteiger partial charge in [0.1, 0.15) is 0 Å². The monoisotopic (exact) mass is 312 g/mol. The second-order valence-electron chi connectivity index (χ2n) is 5.19. The van der Waals surface area contributed by atoms with Crippen LogP contribution in [-0.4, -0.2) is 30.4 Å². The van der Waals surface area contributed by atoms with Crippen molar-refractivity contribution in [2.75, 3.05) is 19.6 Å². The normalized spacial score (nSPS) is 18.1. The zero-order valence-corrected chi connectivity index (χ0v) is 13.0. The second kappa shape index (κ2) is 6.51. The van der Waals surface area contributed by atoms with Gasteiger partial charge in [-0.15, -0.1) is 0 Å². The molecule has 1 aromatic rings. The lowest BCUT2D eigenvalue weighted by molar-refractivity contribution is -0.129. The highest BCUT2D eigenvalue weighted by Crippen LogP contribution is 2.24. The van der Waals surface area contributed by atoms with E-state index in [0.717, 1.165) is 25.1 Å². The maximum absolute atomic E-state index is 12.0. The molecule has 0 spiro atoms. The average molecular weight is 313 g/mol. The zero-order chi connectivity index (χ0) is 14.7. The van der Waals surface area contributed by atoms with E-state index in [1.807, 2.05) is 11.0 Å². The van der Waals surface area contributed by atoms with Crippen LogP contribution in [0.5, 0.6) is 0 Å². The molecular weight excluding hydrogens is 295 g/mol. The lowest BCUT2D eigenvalue weighted by Gasteiger charge is -2.17. The van der Waals surface area contributed by atoms with E-state index in [2.05, 4.69) is 18.8 Å². The number of hydrogen-bond acceptors (Lipinski definition) is 2. The zero-order valence-electron chi connectivity index (χ0n) is 11.5. The lowest BCUT2D eigenvalue weighted by atomic mass is 10.2. The molecule has 1 saturated heterocycles. The molecule has 2 rings (SSSR count). The molecule has 1 unspecified atom stereocenters. The average Bonchev–Trinajstić information content (AvgIpc) is 2.85. The van der Waals surface area contributed by atoms with Gasteiger partial charge in [0, 0.05) is 18.8 Å². The third kappa shape index (κ3) is 3.68. The highest BCUT2D eigenvalue weighted by Gasteiger charge is 2.22. The first-order valence-corrected chi connectivity index (χ1v) is 7.39. The molecule has 0 bridgehead atoms. The van der Waals surface area contributed by atoms with Crippen LogP contribution < -0.4 is 5.32 Å². The number of nitrogens with one attached hydrogen (secondary N) is 1. The number of carbonyl (C=O) groups is 1. The predicted octanol–water partition coefficient (Wildman–Crippen LogP) is 3.42. The highest BCUT2D eigenvalue weighted by atomic mass is 35.5. The Morgan fingerprint density at radius 2 is 2.20 bits per heavy atom. The van der Waals surface area contributed by atoms with Crippen molar-refractivity contribution in [2.45, 2.75) is 13.3 Å². The topological polar surface area (TPSA) is 32.3 Å². The highest BCUT2D eigenvalue weighted by molar-refractivity contribution is 6.42. The molecule has 0 radical (unpaired) electrons. The third-order valence-electron chi connectivity index (χ3n) is 3.50. The van der Waals surface area contributed by atoms with Gasteiger partial charge in [0.05, 0.1) is 16.6 Å². The standard InChI is InChI=1S/C15H18Cl2N2O/c1-10-5-6-19(9-10)15(20)8-18-11(2)12-3-4-13(16)14(17)7-12/h3-4,7,10,18H,2,5-6,8-9H2,1H3. The fourth-order valence-electron chi connectivity index (χ4n) is 2.24. The lowest BCUT2D eigenvalue weighted by Crippen LogP contribution is -2.36. The Labute approximate surface area is 129 Å². The minimum absolute atomic E-state index is 0.107. The van der Waals surface area contributed by atoms with E-state index < -0.39 is 0 Å². The first-order chi connectivity index (χ1) is 9.47. The quantitative estimate of drug-likeness (QED) is 0.924. The van der Waals surface area contributed by atoms with Gasteiger partial charge in [0.15, 0.2) is 0 Å². The van der Waals surface area contributed by atoms with E-state index in [-0.39, 0.29) is 12.5 Å². The van der Waals surface area contributed by atoms with Crippen LogP contribution in [0.1, 0.15) is 18.9 Å². The van der Waals surface area contributed by atoms with Crippen LogP contribution >= 0.6 is 23.2 Å². The van der Waals surface area contributed by atoms with E-state index in [1.165, 1.54) is 0 Å². The summed E-state index contributed by atoms with van der Waals surface area (Å²) < 4.78 is 0. The molecule has 1 fully saturated rings. The first-order valence-electron chi connectivity index (χ1n) is 6.63. The van der Waals surface area contributed by atoms with Gasteiger partial charge < -0.3 is 10.2 Å². The summed E-state index contributed by atoms with van der Waals surface area (Å²) in [5.74, 6) is 0.702. The number of halogens is 2. The van der Waals surface area contributed by atoms with E-state index in [0.29, 0.717) is 21.7 Å². The Bertz CT molecular complexity index is 531. The van der Waals surface area contributed by atoms with Gasteiger partial charge in [-0.25, -0.2) is 0 Å². The number of hydrogen-bond donors (Lipinski definition) is 1. The van der Waals surface area contributed by atoms with Crippen LogP contribution in [0.3, 0.4) is 0 Å². The summed E-state index contributed by atoms with van der Waals surface area (Å²) in [6, 6.07) is 5.28. The van der Waals surface area contributed by atoms with Gasteiger partial charge in [-0.2, -0.15) is 0 Å². The molecule has 0 aliphatic carbocycles. The summed E-state index contributed by atoms with van der Waals surface area (Å²) >= 11 is 11.8. The van der Waals surface area contributed by atoms with Gasteiger partial charge in [0.2, 0.25) is 5.91 Å². The molecule has 1 aliphatic heterocycles. The van der Waals surface area contributed by atoms with Crippen molar-refractivity contribution < 1.29 is 4.79 Å². The third-order valence-corrected chi connectivity index (χ3v) is 4.24. The summed E-state index contributed by atoms with van der Waals surface area (Å²) in [7, 11) is 0. The van der Waals surface area contributed by atoms with Crippen LogP contribution in [0, 0.1) is 5.92 Å². The molecule has 1 amide bonds. The van der Waals surface area contributed by atoms with Crippen molar-refractivity contribution in [2.24, 2.45) is 5.92 Å². The van der Waals surface area contributed by atoms with Crippen LogP contribution in [0.2, 0.25) is 10.0 Å². The maximum atomic E-state index is 12.0. The molecule has 1 N–H and O–H groups in total. The smallest absolute Gasteiger partial charge is 0.241 e. The minimum Gasteiger partial charge on any atom is -0.376 e. The molecule has 0 aromatic heterocycles. The number of rotatable bonds is 4. The minimum atomic E-state index is 0.107.